The van der Waals surface area contributed by atoms with Gasteiger partial charge in [-0.05, 0) is 30.4 Å². The van der Waals surface area contributed by atoms with E-state index in [1.807, 2.05) is 4.90 Å². The molecule has 1 rings (SSSR count). The van der Waals surface area contributed by atoms with E-state index in [0.29, 0.717) is 12.3 Å². The number of likely N-dealkylation sites (tertiary alicyclic amines) is 1. The minimum absolute atomic E-state index is 0.121. The molecule has 3 nitrogen and oxygen atoms in total. The topological polar surface area (TPSA) is 37.4 Å². The van der Waals surface area contributed by atoms with E-state index < -0.39 is 0 Å². The Labute approximate surface area is 83.0 Å². The number of amides is 1. The number of rotatable bonds is 2. The van der Waals surface area contributed by atoms with Gasteiger partial charge in [0, 0.05) is 26.4 Å². The van der Waals surface area contributed by atoms with Crippen LogP contribution < -0.4 is 0 Å². The molecule has 0 radical (unpaired) electrons. The molecule has 0 atom stereocenters. The fraction of sp³-hybridized carbons (Fsp3) is 0.778. The zero-order valence-electron chi connectivity index (χ0n) is 7.75. The SMILES string of the molecule is CC(=O)N1CCC(CC(=O)Cl)CC1. The zero-order chi connectivity index (χ0) is 9.84. The first kappa shape index (κ1) is 10.5. The molecule has 0 N–H and O–H groups in total. The number of hydrogen-bond donors (Lipinski definition) is 0. The van der Waals surface area contributed by atoms with Gasteiger partial charge in [0.1, 0.15) is 0 Å². The Balaban J connectivity index is 2.30. The van der Waals surface area contributed by atoms with Crippen molar-refractivity contribution in [2.45, 2.75) is 26.2 Å². The van der Waals surface area contributed by atoms with E-state index in [-0.39, 0.29) is 11.1 Å². The van der Waals surface area contributed by atoms with E-state index in [4.69, 9.17) is 11.6 Å². The molecule has 0 bridgehead atoms. The molecule has 1 aliphatic heterocycles. The maximum absolute atomic E-state index is 11.0. The molecule has 4 heteroatoms. The average molecular weight is 204 g/mol. The summed E-state index contributed by atoms with van der Waals surface area (Å²) in [6, 6.07) is 0. The molecule has 0 aliphatic carbocycles. The van der Waals surface area contributed by atoms with E-state index in [1.54, 1.807) is 6.92 Å². The van der Waals surface area contributed by atoms with Gasteiger partial charge in [0.05, 0.1) is 0 Å². The summed E-state index contributed by atoms with van der Waals surface area (Å²) in [5.74, 6) is 0.497. The van der Waals surface area contributed by atoms with Crippen molar-refractivity contribution < 1.29 is 9.59 Å². The van der Waals surface area contributed by atoms with Gasteiger partial charge >= 0.3 is 0 Å². The largest absolute Gasteiger partial charge is 0.343 e. The first-order valence-corrected chi connectivity index (χ1v) is 4.91. The van der Waals surface area contributed by atoms with Gasteiger partial charge in [0.25, 0.3) is 0 Å². The fourth-order valence-corrected chi connectivity index (χ4v) is 1.90. The van der Waals surface area contributed by atoms with Crippen LogP contribution in [0.1, 0.15) is 26.2 Å². The van der Waals surface area contributed by atoms with Crippen molar-refractivity contribution in [3.05, 3.63) is 0 Å². The Hall–Kier alpha value is -0.570. The zero-order valence-corrected chi connectivity index (χ0v) is 8.51. The maximum Gasteiger partial charge on any atom is 0.221 e. The van der Waals surface area contributed by atoms with Crippen molar-refractivity contribution in [2.24, 2.45) is 5.92 Å². The highest BCUT2D eigenvalue weighted by Gasteiger charge is 2.21. The van der Waals surface area contributed by atoms with Crippen LogP contribution in [0.3, 0.4) is 0 Å². The van der Waals surface area contributed by atoms with E-state index in [1.165, 1.54) is 0 Å². The molecule has 1 saturated heterocycles. The van der Waals surface area contributed by atoms with Crippen molar-refractivity contribution >= 4 is 22.8 Å². The number of nitrogens with zero attached hydrogens (tertiary/aromatic N) is 1. The van der Waals surface area contributed by atoms with E-state index in [0.717, 1.165) is 25.9 Å². The number of carbonyl (C=O) groups excluding carboxylic acids is 2. The Bertz CT molecular complexity index is 210. The molecule has 0 unspecified atom stereocenters. The van der Waals surface area contributed by atoms with Crippen LogP contribution in [0, 0.1) is 5.92 Å². The smallest absolute Gasteiger partial charge is 0.221 e. The van der Waals surface area contributed by atoms with Crippen LogP contribution in [0.2, 0.25) is 0 Å². The van der Waals surface area contributed by atoms with E-state index >= 15 is 0 Å². The summed E-state index contributed by atoms with van der Waals surface area (Å²) in [5.41, 5.74) is 0. The van der Waals surface area contributed by atoms with Crippen LogP contribution in [0.25, 0.3) is 0 Å². The lowest BCUT2D eigenvalue weighted by Gasteiger charge is -2.30. The fourth-order valence-electron chi connectivity index (χ4n) is 1.68. The lowest BCUT2D eigenvalue weighted by molar-refractivity contribution is -0.130. The van der Waals surface area contributed by atoms with Crippen LogP contribution in [-0.2, 0) is 9.59 Å². The second-order valence-electron chi connectivity index (χ2n) is 3.51. The number of carbonyl (C=O) groups is 2. The first-order chi connectivity index (χ1) is 6.09. The second-order valence-corrected chi connectivity index (χ2v) is 3.93. The van der Waals surface area contributed by atoms with Crippen LogP contribution in [-0.4, -0.2) is 29.1 Å². The number of hydrogen-bond acceptors (Lipinski definition) is 2. The Morgan fingerprint density at radius 3 is 2.31 bits per heavy atom. The van der Waals surface area contributed by atoms with Gasteiger partial charge < -0.3 is 4.90 Å². The minimum Gasteiger partial charge on any atom is -0.343 e. The molecule has 0 saturated carbocycles. The standard InChI is InChI=1S/C9H14ClNO2/c1-7(12)11-4-2-8(3-5-11)6-9(10)13/h8H,2-6H2,1H3. The summed E-state index contributed by atoms with van der Waals surface area (Å²) in [6.45, 7) is 3.11. The maximum atomic E-state index is 11.0. The van der Waals surface area contributed by atoms with Crippen molar-refractivity contribution in [2.75, 3.05) is 13.1 Å². The van der Waals surface area contributed by atoms with E-state index in [9.17, 15) is 9.59 Å². The van der Waals surface area contributed by atoms with Crippen molar-refractivity contribution in [3.8, 4) is 0 Å². The summed E-state index contributed by atoms with van der Waals surface area (Å²) in [4.78, 5) is 23.4. The molecular formula is C9H14ClNO2. The molecule has 0 aromatic carbocycles. The van der Waals surface area contributed by atoms with Gasteiger partial charge in [-0.1, -0.05) is 0 Å². The van der Waals surface area contributed by atoms with Crippen LogP contribution in [0.4, 0.5) is 0 Å². The summed E-state index contributed by atoms with van der Waals surface area (Å²) in [5, 5.41) is -0.263. The first-order valence-electron chi connectivity index (χ1n) is 4.53. The molecule has 13 heavy (non-hydrogen) atoms. The van der Waals surface area contributed by atoms with Gasteiger partial charge in [0.15, 0.2) is 0 Å². The van der Waals surface area contributed by atoms with Gasteiger partial charge in [-0.2, -0.15) is 0 Å². The molecule has 1 amide bonds. The van der Waals surface area contributed by atoms with Gasteiger partial charge in [-0.25, -0.2) is 0 Å². The third-order valence-electron chi connectivity index (χ3n) is 2.51. The monoisotopic (exact) mass is 203 g/mol. The van der Waals surface area contributed by atoms with Crippen molar-refractivity contribution in [1.29, 1.82) is 0 Å². The Kier molecular flexibility index (Phi) is 3.72. The molecular weight excluding hydrogens is 190 g/mol. The third kappa shape index (κ3) is 3.35. The quantitative estimate of drug-likeness (QED) is 0.637. The predicted molar refractivity (Wildman–Crippen MR) is 50.5 cm³/mol. The summed E-state index contributed by atoms with van der Waals surface area (Å²) < 4.78 is 0. The summed E-state index contributed by atoms with van der Waals surface area (Å²) in [6.07, 6.45) is 2.25. The Morgan fingerprint density at radius 2 is 1.92 bits per heavy atom. The summed E-state index contributed by atoms with van der Waals surface area (Å²) >= 11 is 5.29. The summed E-state index contributed by atoms with van der Waals surface area (Å²) in [7, 11) is 0. The number of halogens is 1. The third-order valence-corrected chi connectivity index (χ3v) is 2.66. The number of piperidine rings is 1. The predicted octanol–water partition coefficient (Wildman–Crippen LogP) is 1.40. The van der Waals surface area contributed by atoms with Crippen LogP contribution >= 0.6 is 11.6 Å². The van der Waals surface area contributed by atoms with Crippen LogP contribution in [0.5, 0.6) is 0 Å². The molecule has 0 spiro atoms. The van der Waals surface area contributed by atoms with E-state index in [2.05, 4.69) is 0 Å². The van der Waals surface area contributed by atoms with Gasteiger partial charge in [0.2, 0.25) is 11.1 Å². The molecule has 0 aromatic rings. The highest BCUT2D eigenvalue weighted by molar-refractivity contribution is 6.63. The highest BCUT2D eigenvalue weighted by atomic mass is 35.5. The molecule has 74 valence electrons. The highest BCUT2D eigenvalue weighted by Crippen LogP contribution is 2.21. The lowest BCUT2D eigenvalue weighted by Crippen LogP contribution is -2.37. The van der Waals surface area contributed by atoms with Gasteiger partial charge in [-0.3, -0.25) is 9.59 Å². The van der Waals surface area contributed by atoms with Crippen LogP contribution in [0.15, 0.2) is 0 Å². The van der Waals surface area contributed by atoms with Crippen molar-refractivity contribution in [3.63, 3.8) is 0 Å². The molecule has 0 aromatic heterocycles. The van der Waals surface area contributed by atoms with Crippen molar-refractivity contribution in [1.82, 2.24) is 4.90 Å². The minimum atomic E-state index is -0.263. The second kappa shape index (κ2) is 4.61. The molecule has 1 fully saturated rings. The average Bonchev–Trinajstić information content (AvgIpc) is 2.04. The lowest BCUT2D eigenvalue weighted by atomic mass is 9.94. The molecule has 1 aliphatic rings. The Morgan fingerprint density at radius 1 is 1.38 bits per heavy atom. The van der Waals surface area contributed by atoms with Gasteiger partial charge in [-0.15, -0.1) is 0 Å². The normalized spacial score (nSPS) is 18.8. The molecule has 1 heterocycles.